The fourth-order valence-corrected chi connectivity index (χ4v) is 12.1. The molecule has 6 unspecified atom stereocenters. The first-order valence-corrected chi connectivity index (χ1v) is 25.2. The Morgan fingerprint density at radius 1 is 0.634 bits per heavy atom. The molecule has 5 aromatic rings. The summed E-state index contributed by atoms with van der Waals surface area (Å²) in [7, 11) is 0. The number of allylic oxidation sites excluding steroid dienone is 1. The number of carbonyl (C=O) groups is 2. The van der Waals surface area contributed by atoms with Crippen molar-refractivity contribution in [3.8, 4) is 22.3 Å². The van der Waals surface area contributed by atoms with E-state index in [0.29, 0.717) is 63.7 Å². The van der Waals surface area contributed by atoms with Crippen molar-refractivity contribution in [2.45, 2.75) is 113 Å². The standard InChI is InChI=1S/C30H35N3O2.C30H33N3O2.Zn/c2*1-17-14-18(2)29(19(3)15-17)35-30(34)26-21(5)33-24(27(26)22-10-7-6-8-11-22)16-25-28-23(20(4)32-25)12-9-13-31-28;/h6-13,16-19,23,28-29H,14-15H2,1-5H3,(H,33,34);6-13,16-19,29H,14-15H2,1-5H3,(H,31,32,33,34);/q;;+2/p-2. The molecule has 71 heavy (non-hydrogen) atoms. The van der Waals surface area contributed by atoms with Gasteiger partial charge < -0.3 is 19.4 Å². The van der Waals surface area contributed by atoms with E-state index in [1.807, 2.05) is 125 Å². The van der Waals surface area contributed by atoms with Crippen molar-refractivity contribution in [3.63, 3.8) is 0 Å². The number of fused-ring (bicyclic) bond motifs is 2. The zero-order valence-corrected chi connectivity index (χ0v) is 46.0. The number of aliphatic imine (C=N–C) groups is 3. The maximum Gasteiger partial charge on any atom is 2.00 e. The molecule has 11 heteroatoms. The maximum atomic E-state index is 13.7. The van der Waals surface area contributed by atoms with Gasteiger partial charge in [0.15, 0.2) is 0 Å². The average molecular weight is 1000 g/mol. The average Bonchev–Trinajstić information content (AvgIpc) is 4.05. The fourth-order valence-electron chi connectivity index (χ4n) is 12.1. The van der Waals surface area contributed by atoms with Crippen LogP contribution in [0.5, 0.6) is 0 Å². The van der Waals surface area contributed by atoms with Gasteiger partial charge >= 0.3 is 31.4 Å². The number of aromatic nitrogens is 3. The van der Waals surface area contributed by atoms with Gasteiger partial charge in [-0.05, 0) is 122 Å². The van der Waals surface area contributed by atoms with E-state index in [1.165, 1.54) is 0 Å². The Kier molecular flexibility index (Phi) is 15.7. The fraction of sp³-hybridized carbons (Fsp3) is 0.400. The Morgan fingerprint density at radius 2 is 1.13 bits per heavy atom. The molecule has 0 amide bonds. The minimum Gasteiger partial charge on any atom is -0.660 e. The second kappa shape index (κ2) is 21.7. The maximum absolute atomic E-state index is 13.7. The molecule has 3 aliphatic heterocycles. The van der Waals surface area contributed by atoms with Crippen molar-refractivity contribution in [1.82, 2.24) is 15.0 Å². The monoisotopic (exact) mass is 998 g/mol. The molecule has 6 atom stereocenters. The molecular formula is C60H66N6O4Zn. The predicted molar refractivity (Wildman–Crippen MR) is 282 cm³/mol. The number of esters is 2. The molecule has 2 aromatic carbocycles. The van der Waals surface area contributed by atoms with Gasteiger partial charge in [-0.2, -0.15) is 0 Å². The molecule has 5 aliphatic rings. The third-order valence-electron chi connectivity index (χ3n) is 15.0. The van der Waals surface area contributed by atoms with E-state index < -0.39 is 0 Å². The topological polar surface area (TPSA) is 131 Å². The minimum atomic E-state index is -0.290. The molecule has 0 radical (unpaired) electrons. The second-order valence-electron chi connectivity index (χ2n) is 20.8. The molecule has 6 heterocycles. The molecule has 2 aliphatic carbocycles. The van der Waals surface area contributed by atoms with Crippen LogP contribution in [-0.2, 0) is 29.0 Å². The van der Waals surface area contributed by atoms with Crippen molar-refractivity contribution in [3.05, 3.63) is 142 Å². The summed E-state index contributed by atoms with van der Waals surface area (Å²) >= 11 is 0. The first kappa shape index (κ1) is 51.3. The normalized spacial score (nSPS) is 27.5. The number of hydrogen-bond donors (Lipinski definition) is 0. The molecule has 2 fully saturated rings. The third-order valence-corrected chi connectivity index (χ3v) is 15.0. The van der Waals surface area contributed by atoms with Gasteiger partial charge in [0, 0.05) is 46.4 Å². The second-order valence-corrected chi connectivity index (χ2v) is 20.8. The van der Waals surface area contributed by atoms with Crippen LogP contribution in [0.15, 0.2) is 112 Å². The van der Waals surface area contributed by atoms with Crippen molar-refractivity contribution in [2.24, 2.45) is 56.4 Å². The summed E-state index contributed by atoms with van der Waals surface area (Å²) in [6.07, 6.45) is 15.8. The molecule has 0 bridgehead atoms. The number of carbonyl (C=O) groups excluding carboxylic acids is 2. The minimum absolute atomic E-state index is 0. The Bertz CT molecular complexity index is 2930. The van der Waals surface area contributed by atoms with Gasteiger partial charge in [0.2, 0.25) is 0 Å². The number of nitrogens with zero attached hydrogens (tertiary/aromatic N) is 6. The summed E-state index contributed by atoms with van der Waals surface area (Å²) < 4.78 is 12.4. The summed E-state index contributed by atoms with van der Waals surface area (Å²) in [5.74, 6) is 2.28. The molecule has 0 N–H and O–H groups in total. The van der Waals surface area contributed by atoms with Gasteiger partial charge in [0.1, 0.15) is 18.2 Å². The van der Waals surface area contributed by atoms with Crippen molar-refractivity contribution in [2.75, 3.05) is 0 Å². The van der Waals surface area contributed by atoms with Crippen molar-refractivity contribution in [1.29, 1.82) is 0 Å². The van der Waals surface area contributed by atoms with Gasteiger partial charge in [0.25, 0.3) is 0 Å². The first-order valence-electron chi connectivity index (χ1n) is 25.2. The molecule has 10 rings (SSSR count). The Hall–Kier alpha value is -6.06. The number of rotatable bonds is 8. The summed E-state index contributed by atoms with van der Waals surface area (Å²) in [4.78, 5) is 55.9. The van der Waals surface area contributed by atoms with Gasteiger partial charge in [-0.15, -0.1) is 22.8 Å². The van der Waals surface area contributed by atoms with E-state index in [0.717, 1.165) is 87.7 Å². The van der Waals surface area contributed by atoms with Crippen LogP contribution in [0.2, 0.25) is 0 Å². The SMILES string of the molecule is CC1=NC(=Cc2[n-]c(C)c(C(=O)OC3C(C)CC(C)CC3C)c2-c2ccccc2)C2N=CC=CC12.CC1=NC(=Cc2[n-]c(C)c(C(=O)OC3C(C)CC(C)CC3C)c2-c2ccccc2)c2ncccc21.[Zn+2]. The van der Waals surface area contributed by atoms with Crippen LogP contribution in [0, 0.1) is 55.3 Å². The largest absolute Gasteiger partial charge is 2.00 e. The Morgan fingerprint density at radius 3 is 1.63 bits per heavy atom. The Labute approximate surface area is 432 Å². The van der Waals surface area contributed by atoms with Crippen molar-refractivity contribution >= 4 is 47.4 Å². The van der Waals surface area contributed by atoms with Crippen molar-refractivity contribution < 1.29 is 38.5 Å². The number of aryl methyl sites for hydroxylation is 2. The molecule has 0 saturated heterocycles. The van der Waals surface area contributed by atoms with Crippen LogP contribution >= 0.6 is 0 Å². The van der Waals surface area contributed by atoms with E-state index in [2.05, 4.69) is 57.6 Å². The van der Waals surface area contributed by atoms with Crippen LogP contribution in [0.1, 0.15) is 136 Å². The van der Waals surface area contributed by atoms with E-state index >= 15 is 0 Å². The number of ether oxygens (including phenoxy) is 2. The van der Waals surface area contributed by atoms with Crippen LogP contribution in [0.3, 0.4) is 0 Å². The smallest absolute Gasteiger partial charge is 0.660 e. The number of benzene rings is 2. The first-order chi connectivity index (χ1) is 33.7. The van der Waals surface area contributed by atoms with Gasteiger partial charge in [-0.25, -0.2) is 9.59 Å². The predicted octanol–water partition coefficient (Wildman–Crippen LogP) is 12.8. The quantitative estimate of drug-likeness (QED) is 0.112. The summed E-state index contributed by atoms with van der Waals surface area (Å²) in [6, 6.07) is 23.9. The van der Waals surface area contributed by atoms with E-state index in [-0.39, 0.29) is 55.6 Å². The van der Waals surface area contributed by atoms with E-state index in [4.69, 9.17) is 29.4 Å². The van der Waals surface area contributed by atoms with E-state index in [1.54, 1.807) is 6.20 Å². The van der Waals surface area contributed by atoms with Crippen LogP contribution in [-0.4, -0.2) is 52.8 Å². The summed E-state index contributed by atoms with van der Waals surface area (Å²) in [5.41, 5.74) is 12.9. The number of hydrogen-bond acceptors (Lipinski definition) is 8. The van der Waals surface area contributed by atoms with Crippen LogP contribution in [0.4, 0.5) is 0 Å². The third kappa shape index (κ3) is 10.6. The number of dihydropyridines is 1. The van der Waals surface area contributed by atoms with Gasteiger partial charge in [-0.1, -0.05) is 128 Å². The Balaban J connectivity index is 0.000000188. The molecular weight excluding hydrogens is 934 g/mol. The molecule has 362 valence electrons. The number of pyridine rings is 1. The zero-order valence-electron chi connectivity index (χ0n) is 43.0. The van der Waals surface area contributed by atoms with E-state index in [9.17, 15) is 9.59 Å². The van der Waals surface area contributed by atoms with Crippen LogP contribution in [0.25, 0.3) is 40.1 Å². The van der Waals surface area contributed by atoms with Gasteiger partial charge in [-0.3, -0.25) is 20.0 Å². The van der Waals surface area contributed by atoms with Gasteiger partial charge in [0.05, 0.1) is 17.1 Å². The summed E-state index contributed by atoms with van der Waals surface area (Å²) in [5, 5.41) is 0. The molecule has 3 aromatic heterocycles. The zero-order chi connectivity index (χ0) is 49.4. The van der Waals surface area contributed by atoms with Crippen LogP contribution < -0.4 is 9.97 Å². The summed E-state index contributed by atoms with van der Waals surface area (Å²) in [6.45, 7) is 21.2. The molecule has 0 spiro atoms. The molecule has 2 saturated carbocycles. The molecule has 10 nitrogen and oxygen atoms in total.